The molecule has 4 nitrogen and oxygen atoms in total. The first-order chi connectivity index (χ1) is 9.31. The molecule has 0 spiro atoms. The number of carbonyl (C=O) groups excluding carboxylic acids is 1. The SMILES string of the molecule is O=C1CCC([C@@H]2CCCc3cc4c(cc32)OCO4)O1. The Bertz CT molecular complexity index is 537. The number of cyclic esters (lactones) is 1. The normalized spacial score (nSPS) is 28.1. The third-order valence-corrected chi connectivity index (χ3v) is 4.36. The van der Waals surface area contributed by atoms with Crippen molar-refractivity contribution in [1.82, 2.24) is 0 Å². The van der Waals surface area contributed by atoms with Gasteiger partial charge in [-0.3, -0.25) is 4.79 Å². The monoisotopic (exact) mass is 260 g/mol. The van der Waals surface area contributed by atoms with Gasteiger partial charge in [-0.15, -0.1) is 0 Å². The van der Waals surface area contributed by atoms with Crippen molar-refractivity contribution in [2.45, 2.75) is 44.1 Å². The first-order valence-corrected chi connectivity index (χ1v) is 6.93. The molecule has 1 aromatic rings. The van der Waals surface area contributed by atoms with Gasteiger partial charge in [0.2, 0.25) is 6.79 Å². The average Bonchev–Trinajstić information content (AvgIpc) is 3.03. The fourth-order valence-corrected chi connectivity index (χ4v) is 3.45. The fourth-order valence-electron chi connectivity index (χ4n) is 3.45. The molecule has 4 rings (SSSR count). The van der Waals surface area contributed by atoms with E-state index in [0.29, 0.717) is 19.1 Å². The minimum absolute atomic E-state index is 0.0481. The van der Waals surface area contributed by atoms with Crippen LogP contribution in [0.1, 0.15) is 42.7 Å². The van der Waals surface area contributed by atoms with E-state index in [1.807, 2.05) is 0 Å². The maximum Gasteiger partial charge on any atom is 0.306 e. The second kappa shape index (κ2) is 4.15. The molecule has 100 valence electrons. The predicted octanol–water partition coefficient (Wildman–Crippen LogP) is 2.54. The summed E-state index contributed by atoms with van der Waals surface area (Å²) in [5.74, 6) is 1.94. The summed E-state index contributed by atoms with van der Waals surface area (Å²) < 4.78 is 16.4. The number of ether oxygens (including phenoxy) is 3. The highest BCUT2D eigenvalue weighted by Gasteiger charge is 2.35. The number of carbonyl (C=O) groups is 1. The Labute approximate surface area is 111 Å². The summed E-state index contributed by atoms with van der Waals surface area (Å²) in [6.07, 6.45) is 4.75. The molecule has 0 N–H and O–H groups in total. The Hall–Kier alpha value is -1.71. The van der Waals surface area contributed by atoms with Crippen LogP contribution in [0.4, 0.5) is 0 Å². The van der Waals surface area contributed by atoms with E-state index in [-0.39, 0.29) is 12.1 Å². The highest BCUT2D eigenvalue weighted by Crippen LogP contribution is 2.44. The molecule has 0 aromatic heterocycles. The third kappa shape index (κ3) is 1.78. The van der Waals surface area contributed by atoms with Crippen molar-refractivity contribution in [2.75, 3.05) is 6.79 Å². The van der Waals surface area contributed by atoms with Gasteiger partial charge in [-0.25, -0.2) is 0 Å². The summed E-state index contributed by atoms with van der Waals surface area (Å²) >= 11 is 0. The van der Waals surface area contributed by atoms with E-state index in [1.54, 1.807) is 0 Å². The zero-order chi connectivity index (χ0) is 12.8. The Morgan fingerprint density at radius 3 is 2.68 bits per heavy atom. The molecule has 2 aliphatic heterocycles. The van der Waals surface area contributed by atoms with Gasteiger partial charge in [0.1, 0.15) is 6.10 Å². The highest BCUT2D eigenvalue weighted by atomic mass is 16.7. The molecule has 1 saturated heterocycles. The summed E-state index contributed by atoms with van der Waals surface area (Å²) in [5.41, 5.74) is 2.61. The molecule has 0 bridgehead atoms. The van der Waals surface area contributed by atoms with Crippen LogP contribution in [0.15, 0.2) is 12.1 Å². The fraction of sp³-hybridized carbons (Fsp3) is 0.533. The minimum Gasteiger partial charge on any atom is -0.462 e. The zero-order valence-electron chi connectivity index (χ0n) is 10.7. The third-order valence-electron chi connectivity index (χ3n) is 4.36. The number of benzene rings is 1. The van der Waals surface area contributed by atoms with Gasteiger partial charge in [0.05, 0.1) is 0 Å². The van der Waals surface area contributed by atoms with E-state index in [9.17, 15) is 4.79 Å². The first-order valence-electron chi connectivity index (χ1n) is 6.93. The summed E-state index contributed by atoms with van der Waals surface area (Å²) in [5, 5.41) is 0. The summed E-state index contributed by atoms with van der Waals surface area (Å²) in [6, 6.07) is 4.19. The van der Waals surface area contributed by atoms with Crippen molar-refractivity contribution < 1.29 is 19.0 Å². The van der Waals surface area contributed by atoms with E-state index >= 15 is 0 Å². The first kappa shape index (κ1) is 11.1. The van der Waals surface area contributed by atoms with E-state index in [1.165, 1.54) is 11.1 Å². The Morgan fingerprint density at radius 2 is 1.89 bits per heavy atom. The van der Waals surface area contributed by atoms with Gasteiger partial charge in [0.25, 0.3) is 0 Å². The van der Waals surface area contributed by atoms with Crippen molar-refractivity contribution in [1.29, 1.82) is 0 Å². The standard InChI is InChI=1S/C15H16O4/c16-15-5-4-12(19-15)10-3-1-2-9-6-13-14(7-11(9)10)18-8-17-13/h6-7,10,12H,1-5,8H2/t10-,12?/m1/s1. The predicted molar refractivity (Wildman–Crippen MR) is 67.4 cm³/mol. The molecule has 1 aliphatic carbocycles. The van der Waals surface area contributed by atoms with Gasteiger partial charge < -0.3 is 14.2 Å². The number of rotatable bonds is 1. The van der Waals surface area contributed by atoms with Crippen molar-refractivity contribution in [3.8, 4) is 11.5 Å². The molecule has 2 atom stereocenters. The van der Waals surface area contributed by atoms with Crippen molar-refractivity contribution in [2.24, 2.45) is 0 Å². The lowest BCUT2D eigenvalue weighted by molar-refractivity contribution is -0.142. The van der Waals surface area contributed by atoms with Crippen LogP contribution in [0.2, 0.25) is 0 Å². The van der Waals surface area contributed by atoms with E-state index in [4.69, 9.17) is 14.2 Å². The van der Waals surface area contributed by atoms with Gasteiger partial charge in [0.15, 0.2) is 11.5 Å². The van der Waals surface area contributed by atoms with Crippen LogP contribution in [-0.4, -0.2) is 18.9 Å². The van der Waals surface area contributed by atoms with Crippen molar-refractivity contribution in [3.63, 3.8) is 0 Å². The summed E-state index contributed by atoms with van der Waals surface area (Å²) in [6.45, 7) is 0.307. The quantitative estimate of drug-likeness (QED) is 0.728. The Kier molecular flexibility index (Phi) is 2.43. The number of aryl methyl sites for hydroxylation is 1. The molecule has 4 heteroatoms. The number of hydrogen-bond donors (Lipinski definition) is 0. The van der Waals surface area contributed by atoms with E-state index in [2.05, 4.69) is 12.1 Å². The Balaban J connectivity index is 1.71. The topological polar surface area (TPSA) is 44.8 Å². The van der Waals surface area contributed by atoms with Crippen LogP contribution in [-0.2, 0) is 16.0 Å². The highest BCUT2D eigenvalue weighted by molar-refractivity contribution is 5.71. The largest absolute Gasteiger partial charge is 0.462 e. The molecule has 0 saturated carbocycles. The maximum atomic E-state index is 11.3. The second-order valence-electron chi connectivity index (χ2n) is 5.47. The lowest BCUT2D eigenvalue weighted by atomic mass is 9.79. The van der Waals surface area contributed by atoms with Gasteiger partial charge in [-0.05, 0) is 48.9 Å². The zero-order valence-corrected chi connectivity index (χ0v) is 10.7. The lowest BCUT2D eigenvalue weighted by Gasteiger charge is -2.29. The lowest BCUT2D eigenvalue weighted by Crippen LogP contribution is -2.22. The molecule has 1 aromatic carbocycles. The van der Waals surface area contributed by atoms with Gasteiger partial charge in [0, 0.05) is 12.3 Å². The van der Waals surface area contributed by atoms with Crippen LogP contribution in [0.5, 0.6) is 11.5 Å². The van der Waals surface area contributed by atoms with Crippen LogP contribution in [0.3, 0.4) is 0 Å². The summed E-state index contributed by atoms with van der Waals surface area (Å²) in [7, 11) is 0. The molecule has 1 fully saturated rings. The molecule has 0 radical (unpaired) electrons. The van der Waals surface area contributed by atoms with E-state index in [0.717, 1.165) is 37.2 Å². The molecule has 2 heterocycles. The van der Waals surface area contributed by atoms with Gasteiger partial charge in [-0.2, -0.15) is 0 Å². The molecular formula is C15H16O4. The molecule has 0 amide bonds. The molecule has 3 aliphatic rings. The van der Waals surface area contributed by atoms with Crippen molar-refractivity contribution >= 4 is 5.97 Å². The molecule has 1 unspecified atom stereocenters. The van der Waals surface area contributed by atoms with Gasteiger partial charge in [-0.1, -0.05) is 0 Å². The second-order valence-corrected chi connectivity index (χ2v) is 5.47. The van der Waals surface area contributed by atoms with Crippen LogP contribution >= 0.6 is 0 Å². The number of hydrogen-bond acceptors (Lipinski definition) is 4. The van der Waals surface area contributed by atoms with Crippen LogP contribution in [0, 0.1) is 0 Å². The van der Waals surface area contributed by atoms with Crippen LogP contribution in [0.25, 0.3) is 0 Å². The van der Waals surface area contributed by atoms with Gasteiger partial charge >= 0.3 is 5.97 Å². The van der Waals surface area contributed by atoms with E-state index < -0.39 is 0 Å². The number of fused-ring (bicyclic) bond motifs is 2. The summed E-state index contributed by atoms with van der Waals surface area (Å²) in [4.78, 5) is 11.3. The maximum absolute atomic E-state index is 11.3. The molecule has 19 heavy (non-hydrogen) atoms. The Morgan fingerprint density at radius 1 is 1.05 bits per heavy atom. The minimum atomic E-state index is -0.0575. The number of esters is 1. The molecular weight excluding hydrogens is 244 g/mol. The smallest absolute Gasteiger partial charge is 0.306 e. The van der Waals surface area contributed by atoms with Crippen LogP contribution < -0.4 is 9.47 Å². The average molecular weight is 260 g/mol. The van der Waals surface area contributed by atoms with Crippen molar-refractivity contribution in [3.05, 3.63) is 23.3 Å².